The van der Waals surface area contributed by atoms with E-state index < -0.39 is 10.0 Å². The monoisotopic (exact) mass is 343 g/mol. The van der Waals surface area contributed by atoms with E-state index in [9.17, 15) is 12.8 Å². The molecule has 0 saturated heterocycles. The molecule has 122 valence electrons. The van der Waals surface area contributed by atoms with Crippen molar-refractivity contribution in [2.24, 2.45) is 0 Å². The first-order valence-electron chi connectivity index (χ1n) is 7.25. The van der Waals surface area contributed by atoms with Crippen LogP contribution in [-0.2, 0) is 16.4 Å². The SMILES string of the molecule is N#Cc1ccccc1S(=O)(=O)NCCc1c[nH]c2ccc(F)cc12. The zero-order chi connectivity index (χ0) is 17.2. The maximum atomic E-state index is 13.4. The second-order valence-corrected chi connectivity index (χ2v) is 6.99. The van der Waals surface area contributed by atoms with Crippen LogP contribution in [0.5, 0.6) is 0 Å². The summed E-state index contributed by atoms with van der Waals surface area (Å²) >= 11 is 0. The van der Waals surface area contributed by atoms with Gasteiger partial charge in [0.1, 0.15) is 11.9 Å². The first kappa shape index (κ1) is 16.2. The van der Waals surface area contributed by atoms with Gasteiger partial charge in [0, 0.05) is 23.6 Å². The van der Waals surface area contributed by atoms with Gasteiger partial charge in [0.2, 0.25) is 10.0 Å². The number of sulfonamides is 1. The lowest BCUT2D eigenvalue weighted by atomic mass is 10.1. The molecule has 1 heterocycles. The number of hydrogen-bond donors (Lipinski definition) is 2. The highest BCUT2D eigenvalue weighted by Crippen LogP contribution is 2.20. The van der Waals surface area contributed by atoms with Crippen LogP contribution in [0, 0.1) is 17.1 Å². The van der Waals surface area contributed by atoms with Crippen LogP contribution in [0.25, 0.3) is 10.9 Å². The summed E-state index contributed by atoms with van der Waals surface area (Å²) in [6, 6.07) is 12.3. The summed E-state index contributed by atoms with van der Waals surface area (Å²) in [7, 11) is -3.77. The van der Waals surface area contributed by atoms with Crippen molar-refractivity contribution in [3.05, 3.63) is 65.6 Å². The molecule has 0 radical (unpaired) electrons. The number of aromatic amines is 1. The fraction of sp³-hybridized carbons (Fsp3) is 0.118. The maximum absolute atomic E-state index is 13.4. The fourth-order valence-corrected chi connectivity index (χ4v) is 3.74. The smallest absolute Gasteiger partial charge is 0.241 e. The normalized spacial score (nSPS) is 11.5. The molecule has 2 N–H and O–H groups in total. The predicted molar refractivity (Wildman–Crippen MR) is 88.3 cm³/mol. The standard InChI is InChI=1S/C17H14FN3O2S/c18-14-5-6-16-15(9-14)13(11-20-16)7-8-21-24(22,23)17-4-2-1-3-12(17)10-19/h1-6,9,11,20-21H,7-8H2. The van der Waals surface area contributed by atoms with Gasteiger partial charge in [0.25, 0.3) is 0 Å². The zero-order valence-corrected chi connectivity index (χ0v) is 13.4. The number of nitrogens with one attached hydrogen (secondary N) is 2. The van der Waals surface area contributed by atoms with Crippen molar-refractivity contribution in [3.8, 4) is 6.07 Å². The van der Waals surface area contributed by atoms with E-state index in [0.717, 1.165) is 16.5 Å². The number of nitrogens with zero attached hydrogens (tertiary/aromatic N) is 1. The van der Waals surface area contributed by atoms with Gasteiger partial charge in [0.05, 0.1) is 10.5 Å². The van der Waals surface area contributed by atoms with E-state index in [-0.39, 0.29) is 22.8 Å². The van der Waals surface area contributed by atoms with Crippen molar-refractivity contribution in [3.63, 3.8) is 0 Å². The number of aromatic nitrogens is 1. The van der Waals surface area contributed by atoms with Crippen molar-refractivity contribution in [1.82, 2.24) is 9.71 Å². The molecule has 0 fully saturated rings. The Kier molecular flexibility index (Phi) is 4.34. The van der Waals surface area contributed by atoms with E-state index in [4.69, 9.17) is 5.26 Å². The summed E-state index contributed by atoms with van der Waals surface area (Å²) in [5.74, 6) is -0.341. The highest BCUT2D eigenvalue weighted by molar-refractivity contribution is 7.89. The third-order valence-electron chi connectivity index (χ3n) is 3.71. The molecule has 0 spiro atoms. The van der Waals surface area contributed by atoms with Crippen LogP contribution in [-0.4, -0.2) is 19.9 Å². The van der Waals surface area contributed by atoms with Crippen LogP contribution < -0.4 is 4.72 Å². The lowest BCUT2D eigenvalue weighted by Gasteiger charge is -2.07. The Balaban J connectivity index is 1.76. The molecule has 3 rings (SSSR count). The minimum Gasteiger partial charge on any atom is -0.361 e. The molecular formula is C17H14FN3O2S. The molecule has 2 aromatic carbocycles. The summed E-state index contributed by atoms with van der Waals surface area (Å²) in [5, 5.41) is 9.75. The van der Waals surface area contributed by atoms with Crippen LogP contribution in [0.3, 0.4) is 0 Å². The fourth-order valence-electron chi connectivity index (χ4n) is 2.55. The molecular weight excluding hydrogens is 329 g/mol. The Hall–Kier alpha value is -2.69. The molecule has 3 aromatic rings. The quantitative estimate of drug-likeness (QED) is 0.747. The van der Waals surface area contributed by atoms with Crippen molar-refractivity contribution in [2.75, 3.05) is 6.54 Å². The van der Waals surface area contributed by atoms with Gasteiger partial charge in [0.15, 0.2) is 0 Å². The molecule has 0 atom stereocenters. The number of halogens is 1. The Bertz CT molecular complexity index is 1040. The summed E-state index contributed by atoms with van der Waals surface area (Å²) in [6.07, 6.45) is 2.14. The number of hydrogen-bond acceptors (Lipinski definition) is 3. The van der Waals surface area contributed by atoms with Crippen molar-refractivity contribution in [1.29, 1.82) is 5.26 Å². The van der Waals surface area contributed by atoms with E-state index in [0.29, 0.717) is 6.42 Å². The van der Waals surface area contributed by atoms with E-state index in [1.807, 2.05) is 6.07 Å². The molecule has 0 aliphatic heterocycles. The largest absolute Gasteiger partial charge is 0.361 e. The first-order valence-corrected chi connectivity index (χ1v) is 8.74. The van der Waals surface area contributed by atoms with E-state index in [1.54, 1.807) is 24.4 Å². The first-order chi connectivity index (χ1) is 11.5. The van der Waals surface area contributed by atoms with Gasteiger partial charge in [-0.25, -0.2) is 17.5 Å². The number of H-pyrrole nitrogens is 1. The second-order valence-electron chi connectivity index (χ2n) is 5.26. The van der Waals surface area contributed by atoms with Crippen molar-refractivity contribution < 1.29 is 12.8 Å². The van der Waals surface area contributed by atoms with E-state index in [1.165, 1.54) is 24.3 Å². The molecule has 0 bridgehead atoms. The molecule has 0 saturated carbocycles. The van der Waals surface area contributed by atoms with Crippen molar-refractivity contribution >= 4 is 20.9 Å². The third-order valence-corrected chi connectivity index (χ3v) is 5.23. The van der Waals surface area contributed by atoms with Crippen molar-refractivity contribution in [2.45, 2.75) is 11.3 Å². The van der Waals surface area contributed by atoms with E-state index >= 15 is 0 Å². The van der Waals surface area contributed by atoms with Gasteiger partial charge in [-0.1, -0.05) is 12.1 Å². The lowest BCUT2D eigenvalue weighted by molar-refractivity contribution is 0.581. The Morgan fingerprint density at radius 3 is 2.79 bits per heavy atom. The van der Waals surface area contributed by atoms with E-state index in [2.05, 4.69) is 9.71 Å². The predicted octanol–water partition coefficient (Wildman–Crippen LogP) is 2.70. The molecule has 0 amide bonds. The summed E-state index contributed by atoms with van der Waals surface area (Å²) in [4.78, 5) is 2.98. The average molecular weight is 343 g/mol. The second kappa shape index (κ2) is 6.43. The number of fused-ring (bicyclic) bond motifs is 1. The van der Waals surface area contributed by atoms with Gasteiger partial charge in [-0.2, -0.15) is 5.26 Å². The van der Waals surface area contributed by atoms with Crippen LogP contribution in [0.2, 0.25) is 0 Å². The van der Waals surface area contributed by atoms with Crippen LogP contribution in [0.4, 0.5) is 4.39 Å². The zero-order valence-electron chi connectivity index (χ0n) is 12.6. The van der Waals surface area contributed by atoms with Gasteiger partial charge in [-0.15, -0.1) is 0 Å². The molecule has 0 aliphatic rings. The molecule has 7 heteroatoms. The van der Waals surface area contributed by atoms with Gasteiger partial charge >= 0.3 is 0 Å². The Morgan fingerprint density at radius 1 is 1.21 bits per heavy atom. The summed E-state index contributed by atoms with van der Waals surface area (Å²) < 4.78 is 40.5. The van der Waals surface area contributed by atoms with Gasteiger partial charge < -0.3 is 4.98 Å². The topological polar surface area (TPSA) is 85.8 Å². The summed E-state index contributed by atoms with van der Waals surface area (Å²) in [5.41, 5.74) is 1.71. The van der Waals surface area contributed by atoms with Gasteiger partial charge in [-0.05, 0) is 42.3 Å². The van der Waals surface area contributed by atoms with Crippen LogP contribution in [0.15, 0.2) is 53.6 Å². The Morgan fingerprint density at radius 2 is 2.00 bits per heavy atom. The highest BCUT2D eigenvalue weighted by atomic mass is 32.2. The average Bonchev–Trinajstić information content (AvgIpc) is 2.97. The van der Waals surface area contributed by atoms with Crippen LogP contribution >= 0.6 is 0 Å². The molecule has 24 heavy (non-hydrogen) atoms. The lowest BCUT2D eigenvalue weighted by Crippen LogP contribution is -2.26. The highest BCUT2D eigenvalue weighted by Gasteiger charge is 2.17. The Labute approximate surface area is 138 Å². The van der Waals surface area contributed by atoms with Gasteiger partial charge in [-0.3, -0.25) is 0 Å². The number of benzene rings is 2. The minimum absolute atomic E-state index is 0.0440. The molecule has 0 unspecified atom stereocenters. The number of rotatable bonds is 5. The van der Waals surface area contributed by atoms with Crippen LogP contribution in [0.1, 0.15) is 11.1 Å². The number of nitriles is 1. The third kappa shape index (κ3) is 3.15. The maximum Gasteiger partial charge on any atom is 0.241 e. The minimum atomic E-state index is -3.77. The summed E-state index contributed by atoms with van der Waals surface area (Å²) in [6.45, 7) is 0.144. The molecule has 1 aromatic heterocycles. The molecule has 5 nitrogen and oxygen atoms in total. The molecule has 0 aliphatic carbocycles.